The molecule has 0 radical (unpaired) electrons. The average molecular weight is 383 g/mol. The number of hydrazine groups is 1. The molecule has 140 valence electrons. The van der Waals surface area contributed by atoms with Crippen LogP contribution in [0.4, 0.5) is 0 Å². The first kappa shape index (κ1) is 21.4. The number of thiocarbonyl (C=S) groups is 2. The Morgan fingerprint density at radius 3 is 2.24 bits per heavy atom. The lowest BCUT2D eigenvalue weighted by molar-refractivity contribution is 0.414. The maximum atomic E-state index is 5.27. The van der Waals surface area contributed by atoms with E-state index in [9.17, 15) is 0 Å². The Morgan fingerprint density at radius 1 is 1.00 bits per heavy atom. The second-order valence-electron chi connectivity index (χ2n) is 6.48. The van der Waals surface area contributed by atoms with Gasteiger partial charge in [-0.1, -0.05) is 38.8 Å². The molecule has 0 aliphatic carbocycles. The molecule has 0 heterocycles. The minimum Gasteiger partial charge on any atom is -0.497 e. The van der Waals surface area contributed by atoms with E-state index in [1.807, 2.05) is 24.3 Å². The molecule has 1 aromatic rings. The quantitative estimate of drug-likeness (QED) is 0.407. The number of hydrogen-bond acceptors (Lipinski definition) is 3. The van der Waals surface area contributed by atoms with Crippen LogP contribution >= 0.6 is 24.4 Å². The maximum absolute atomic E-state index is 5.27. The van der Waals surface area contributed by atoms with Gasteiger partial charge in [0.15, 0.2) is 10.2 Å². The fourth-order valence-corrected chi connectivity index (χ4v) is 2.62. The Bertz CT molecular complexity index is 534. The van der Waals surface area contributed by atoms with Crippen molar-refractivity contribution < 1.29 is 4.74 Å². The smallest absolute Gasteiger partial charge is 0.185 e. The Labute approximate surface area is 162 Å². The van der Waals surface area contributed by atoms with E-state index in [1.54, 1.807) is 7.11 Å². The van der Waals surface area contributed by atoms with Crippen LogP contribution in [0.5, 0.6) is 5.75 Å². The first-order valence-corrected chi connectivity index (χ1v) is 9.45. The second kappa shape index (κ2) is 11.9. The van der Waals surface area contributed by atoms with Gasteiger partial charge in [0, 0.05) is 12.6 Å². The molecule has 0 spiro atoms. The highest BCUT2D eigenvalue weighted by Crippen LogP contribution is 2.10. The number of rotatable bonds is 8. The van der Waals surface area contributed by atoms with Gasteiger partial charge in [0.05, 0.1) is 7.11 Å². The van der Waals surface area contributed by atoms with Crippen molar-refractivity contribution in [2.24, 2.45) is 5.92 Å². The molecule has 0 aromatic heterocycles. The van der Waals surface area contributed by atoms with E-state index in [1.165, 1.54) is 12.8 Å². The van der Waals surface area contributed by atoms with Gasteiger partial charge in [0.25, 0.3) is 0 Å². The third kappa shape index (κ3) is 10.1. The van der Waals surface area contributed by atoms with Crippen molar-refractivity contribution in [3.63, 3.8) is 0 Å². The average Bonchev–Trinajstić information content (AvgIpc) is 2.58. The highest BCUT2D eigenvalue weighted by atomic mass is 32.1. The molecule has 0 amide bonds. The molecule has 4 N–H and O–H groups in total. The van der Waals surface area contributed by atoms with E-state index in [0.717, 1.165) is 23.7 Å². The number of ether oxygens (including phenoxy) is 1. The minimum absolute atomic E-state index is 0.335. The molecule has 0 saturated heterocycles. The van der Waals surface area contributed by atoms with Crippen molar-refractivity contribution in [3.05, 3.63) is 29.8 Å². The largest absolute Gasteiger partial charge is 0.497 e. The highest BCUT2D eigenvalue weighted by molar-refractivity contribution is 7.80. The fraction of sp³-hybridized carbons (Fsp3) is 0.556. The predicted octanol–water partition coefficient (Wildman–Crippen LogP) is 3.25. The summed E-state index contributed by atoms with van der Waals surface area (Å²) >= 11 is 10.5. The van der Waals surface area contributed by atoms with Crippen LogP contribution in [0.25, 0.3) is 0 Å². The maximum Gasteiger partial charge on any atom is 0.185 e. The Morgan fingerprint density at radius 2 is 1.64 bits per heavy atom. The first-order chi connectivity index (χ1) is 11.9. The summed E-state index contributed by atoms with van der Waals surface area (Å²) in [5.74, 6) is 1.58. The molecule has 0 fully saturated rings. The Hall–Kier alpha value is -1.60. The summed E-state index contributed by atoms with van der Waals surface area (Å²) in [5, 5.41) is 7.41. The van der Waals surface area contributed by atoms with Gasteiger partial charge in [-0.2, -0.15) is 0 Å². The van der Waals surface area contributed by atoms with Crippen LogP contribution in [-0.2, 0) is 6.54 Å². The van der Waals surface area contributed by atoms with E-state index in [2.05, 4.69) is 42.3 Å². The summed E-state index contributed by atoms with van der Waals surface area (Å²) < 4.78 is 5.14. The minimum atomic E-state index is 0.335. The summed E-state index contributed by atoms with van der Waals surface area (Å²) in [6.07, 6.45) is 3.54. The van der Waals surface area contributed by atoms with Gasteiger partial charge >= 0.3 is 0 Å². The Balaban J connectivity index is 2.18. The molecule has 5 nitrogen and oxygen atoms in total. The number of hydrogen-bond donors (Lipinski definition) is 4. The molecule has 0 aliphatic heterocycles. The van der Waals surface area contributed by atoms with Gasteiger partial charge in [0.1, 0.15) is 5.75 Å². The zero-order valence-corrected chi connectivity index (χ0v) is 17.2. The molecular weight excluding hydrogens is 352 g/mol. The van der Waals surface area contributed by atoms with Crippen molar-refractivity contribution in [1.29, 1.82) is 0 Å². The third-order valence-corrected chi connectivity index (χ3v) is 4.16. The van der Waals surface area contributed by atoms with E-state index < -0.39 is 0 Å². The van der Waals surface area contributed by atoms with Gasteiger partial charge in [-0.15, -0.1) is 0 Å². The molecule has 0 saturated carbocycles. The second-order valence-corrected chi connectivity index (χ2v) is 7.30. The van der Waals surface area contributed by atoms with Crippen molar-refractivity contribution in [2.75, 3.05) is 7.11 Å². The van der Waals surface area contributed by atoms with Gasteiger partial charge in [-0.3, -0.25) is 10.9 Å². The van der Waals surface area contributed by atoms with E-state index in [4.69, 9.17) is 29.2 Å². The molecular formula is C18H30N4OS2. The summed E-state index contributed by atoms with van der Waals surface area (Å²) in [4.78, 5) is 0. The molecule has 0 aliphatic rings. The van der Waals surface area contributed by atoms with Crippen molar-refractivity contribution in [3.8, 4) is 5.75 Å². The van der Waals surface area contributed by atoms with Gasteiger partial charge in [-0.05, 0) is 61.4 Å². The van der Waals surface area contributed by atoms with E-state index >= 15 is 0 Å². The summed E-state index contributed by atoms with van der Waals surface area (Å²) in [6.45, 7) is 7.25. The summed E-state index contributed by atoms with van der Waals surface area (Å²) in [7, 11) is 1.65. The first-order valence-electron chi connectivity index (χ1n) is 8.64. The molecule has 1 atom stereocenters. The molecule has 7 heteroatoms. The third-order valence-electron chi connectivity index (χ3n) is 3.70. The van der Waals surface area contributed by atoms with E-state index in [-0.39, 0.29) is 0 Å². The molecule has 0 bridgehead atoms. The zero-order chi connectivity index (χ0) is 18.7. The molecule has 0 unspecified atom stereocenters. The van der Waals surface area contributed by atoms with Crippen molar-refractivity contribution in [2.45, 2.75) is 52.6 Å². The van der Waals surface area contributed by atoms with E-state index in [0.29, 0.717) is 22.8 Å². The normalized spacial score (nSPS) is 11.6. The highest BCUT2D eigenvalue weighted by Gasteiger charge is 2.05. The van der Waals surface area contributed by atoms with Crippen LogP contribution in [0.3, 0.4) is 0 Å². The summed E-state index contributed by atoms with van der Waals surface area (Å²) in [6, 6.07) is 8.16. The monoisotopic (exact) mass is 382 g/mol. The number of methoxy groups -OCH3 is 1. The van der Waals surface area contributed by atoms with Crippen LogP contribution in [0.2, 0.25) is 0 Å². The Kier molecular flexibility index (Phi) is 10.2. The van der Waals surface area contributed by atoms with Crippen LogP contribution in [0, 0.1) is 5.92 Å². The molecule has 25 heavy (non-hydrogen) atoms. The fourth-order valence-electron chi connectivity index (χ4n) is 2.25. The van der Waals surface area contributed by atoms with Crippen molar-refractivity contribution >= 4 is 34.7 Å². The van der Waals surface area contributed by atoms with Gasteiger partial charge in [0.2, 0.25) is 0 Å². The standard InChI is InChI=1S/C18H30N4OS2/c1-13(2)6-5-7-14(3)20-18(25)22-21-17(24)19-12-15-8-10-16(23-4)11-9-15/h8-11,13-14H,5-7,12H2,1-4H3,(H2,19,21,24)(H2,20,22,25)/t14-/m1/s1. The summed E-state index contributed by atoms with van der Waals surface area (Å²) in [5.41, 5.74) is 6.93. The van der Waals surface area contributed by atoms with Crippen molar-refractivity contribution in [1.82, 2.24) is 21.5 Å². The van der Waals surface area contributed by atoms with Crippen LogP contribution in [-0.4, -0.2) is 23.4 Å². The van der Waals surface area contributed by atoms with Crippen LogP contribution in [0.15, 0.2) is 24.3 Å². The lowest BCUT2D eigenvalue weighted by Crippen LogP contribution is -2.51. The molecule has 1 aromatic carbocycles. The van der Waals surface area contributed by atoms with Gasteiger partial charge in [-0.25, -0.2) is 0 Å². The van der Waals surface area contributed by atoms with Crippen LogP contribution in [0.1, 0.15) is 45.6 Å². The predicted molar refractivity (Wildman–Crippen MR) is 113 cm³/mol. The SMILES string of the molecule is COc1ccc(CNC(=S)NNC(=S)N[C@H](C)CCCC(C)C)cc1. The topological polar surface area (TPSA) is 57.4 Å². The van der Waals surface area contributed by atoms with Gasteiger partial charge < -0.3 is 15.4 Å². The zero-order valence-electron chi connectivity index (χ0n) is 15.5. The number of nitrogens with one attached hydrogen (secondary N) is 4. The molecule has 1 rings (SSSR count). The lowest BCUT2D eigenvalue weighted by atomic mass is 10.0. The number of benzene rings is 1. The van der Waals surface area contributed by atoms with Crippen LogP contribution < -0.4 is 26.2 Å². The lowest BCUT2D eigenvalue weighted by Gasteiger charge is -2.18.